The normalized spacial score (nSPS) is 11.1. The van der Waals surface area contributed by atoms with Crippen LogP contribution in [-0.4, -0.2) is 47.7 Å². The summed E-state index contributed by atoms with van der Waals surface area (Å²) in [5.74, 6) is 0.450. The molecule has 0 saturated carbocycles. The van der Waals surface area contributed by atoms with Gasteiger partial charge in [0, 0.05) is 31.3 Å². The third kappa shape index (κ3) is 4.11. The highest BCUT2D eigenvalue weighted by Gasteiger charge is 2.09. The number of hydrogen-bond donors (Lipinski definition) is 3. The molecule has 0 saturated heterocycles. The van der Waals surface area contributed by atoms with Crippen molar-refractivity contribution in [2.45, 2.75) is 6.54 Å². The average molecular weight is 339 g/mol. The van der Waals surface area contributed by atoms with Crippen LogP contribution in [0.1, 0.15) is 15.9 Å². The Hall–Kier alpha value is -2.54. The Kier molecular flexibility index (Phi) is 5.55. The van der Waals surface area contributed by atoms with Crippen LogP contribution in [0.25, 0.3) is 22.4 Å². The number of aromatic amines is 1. The van der Waals surface area contributed by atoms with Crippen LogP contribution in [0.3, 0.4) is 0 Å². The molecule has 0 aliphatic rings. The first-order chi connectivity index (χ1) is 12.2. The van der Waals surface area contributed by atoms with Gasteiger partial charge in [0.1, 0.15) is 12.4 Å². The van der Waals surface area contributed by atoms with Crippen LogP contribution in [0.5, 0.6) is 0 Å². The highest BCUT2D eigenvalue weighted by atomic mass is 16.5. The number of aliphatic hydroxyl groups is 1. The van der Waals surface area contributed by atoms with E-state index in [2.05, 4.69) is 27.4 Å². The number of ketones is 1. The van der Waals surface area contributed by atoms with Crippen LogP contribution in [0.4, 0.5) is 0 Å². The first-order valence-electron chi connectivity index (χ1n) is 8.14. The number of methoxy groups -OCH3 is 1. The summed E-state index contributed by atoms with van der Waals surface area (Å²) in [5, 5.41) is 12.3. The Labute approximate surface area is 145 Å². The molecule has 0 spiro atoms. The molecule has 0 bridgehead atoms. The van der Waals surface area contributed by atoms with Crippen molar-refractivity contribution in [1.82, 2.24) is 15.3 Å². The van der Waals surface area contributed by atoms with Crippen LogP contribution >= 0.6 is 0 Å². The van der Waals surface area contributed by atoms with E-state index in [4.69, 9.17) is 9.84 Å². The van der Waals surface area contributed by atoms with Gasteiger partial charge in [0.05, 0.1) is 17.6 Å². The van der Waals surface area contributed by atoms with E-state index in [-0.39, 0.29) is 5.78 Å². The van der Waals surface area contributed by atoms with E-state index in [0.29, 0.717) is 12.2 Å². The van der Waals surface area contributed by atoms with E-state index < -0.39 is 6.61 Å². The number of benzene rings is 2. The number of H-pyrrole nitrogens is 1. The predicted octanol–water partition coefficient (Wildman–Crippen LogP) is 2.14. The van der Waals surface area contributed by atoms with Crippen molar-refractivity contribution < 1.29 is 14.6 Å². The van der Waals surface area contributed by atoms with Crippen molar-refractivity contribution in [2.75, 3.05) is 26.9 Å². The molecule has 0 amide bonds. The molecule has 25 heavy (non-hydrogen) atoms. The van der Waals surface area contributed by atoms with E-state index in [9.17, 15) is 4.79 Å². The van der Waals surface area contributed by atoms with E-state index in [1.807, 2.05) is 12.1 Å². The number of ether oxygens (including phenoxy) is 1. The summed E-state index contributed by atoms with van der Waals surface area (Å²) in [5.41, 5.74) is 4.20. The smallest absolute Gasteiger partial charge is 0.188 e. The highest BCUT2D eigenvalue weighted by molar-refractivity contribution is 5.99. The Morgan fingerprint density at radius 3 is 2.76 bits per heavy atom. The molecule has 2 aromatic carbocycles. The Morgan fingerprint density at radius 2 is 2.04 bits per heavy atom. The minimum absolute atomic E-state index is 0.302. The minimum atomic E-state index is -0.494. The molecule has 6 nitrogen and oxygen atoms in total. The van der Waals surface area contributed by atoms with Crippen molar-refractivity contribution in [2.24, 2.45) is 0 Å². The zero-order chi connectivity index (χ0) is 17.6. The van der Waals surface area contributed by atoms with Gasteiger partial charge in [-0.05, 0) is 23.8 Å². The number of carbonyl (C=O) groups excluding carboxylic acids is 1. The molecule has 6 heteroatoms. The second-order valence-corrected chi connectivity index (χ2v) is 5.77. The van der Waals surface area contributed by atoms with Gasteiger partial charge in [-0.3, -0.25) is 4.79 Å². The maximum atomic E-state index is 11.6. The van der Waals surface area contributed by atoms with Gasteiger partial charge in [-0.25, -0.2) is 4.98 Å². The number of nitrogens with one attached hydrogen (secondary N) is 2. The zero-order valence-corrected chi connectivity index (χ0v) is 14.1. The molecular formula is C19H21N3O3. The van der Waals surface area contributed by atoms with Crippen LogP contribution < -0.4 is 5.32 Å². The third-order valence-electron chi connectivity index (χ3n) is 3.99. The number of nitrogens with zero attached hydrogens (tertiary/aromatic N) is 1. The van der Waals surface area contributed by atoms with E-state index >= 15 is 0 Å². The Morgan fingerprint density at radius 1 is 1.24 bits per heavy atom. The summed E-state index contributed by atoms with van der Waals surface area (Å²) >= 11 is 0. The number of imidazole rings is 1. The summed E-state index contributed by atoms with van der Waals surface area (Å²) in [6, 6.07) is 13.3. The van der Waals surface area contributed by atoms with Gasteiger partial charge in [0.25, 0.3) is 0 Å². The molecule has 130 valence electrons. The molecule has 1 heterocycles. The first-order valence-corrected chi connectivity index (χ1v) is 8.14. The molecule has 0 aliphatic carbocycles. The third-order valence-corrected chi connectivity index (χ3v) is 3.99. The molecule has 0 aliphatic heterocycles. The lowest BCUT2D eigenvalue weighted by Crippen LogP contribution is -2.18. The molecule has 0 unspecified atom stereocenters. The first kappa shape index (κ1) is 17.3. The lowest BCUT2D eigenvalue weighted by Gasteiger charge is -2.05. The van der Waals surface area contributed by atoms with E-state index in [0.717, 1.165) is 35.5 Å². The average Bonchev–Trinajstić information content (AvgIpc) is 3.08. The van der Waals surface area contributed by atoms with Gasteiger partial charge in [0.2, 0.25) is 0 Å². The van der Waals surface area contributed by atoms with E-state index in [1.54, 1.807) is 25.3 Å². The number of fused-ring (bicyclic) bond motifs is 1. The topological polar surface area (TPSA) is 87.2 Å². The summed E-state index contributed by atoms with van der Waals surface area (Å²) in [6.07, 6.45) is 0. The molecule has 3 N–H and O–H groups in total. The molecular weight excluding hydrogens is 318 g/mol. The lowest BCUT2D eigenvalue weighted by atomic mass is 10.1. The monoisotopic (exact) mass is 339 g/mol. The van der Waals surface area contributed by atoms with Gasteiger partial charge in [-0.1, -0.05) is 24.3 Å². The van der Waals surface area contributed by atoms with Crippen molar-refractivity contribution in [3.63, 3.8) is 0 Å². The SMILES string of the molecule is COCCNCc1ccc(-c2nc3ccc(C(=O)CO)cc3[nH]2)cc1. The van der Waals surface area contributed by atoms with Crippen molar-refractivity contribution in [3.05, 3.63) is 53.6 Å². The molecule has 0 radical (unpaired) electrons. The largest absolute Gasteiger partial charge is 0.388 e. The van der Waals surface area contributed by atoms with Crippen molar-refractivity contribution in [3.8, 4) is 11.4 Å². The number of Topliss-reactive ketones (excluding diaryl/α,β-unsaturated/α-hetero) is 1. The Balaban J connectivity index is 1.76. The summed E-state index contributed by atoms with van der Waals surface area (Å²) in [6.45, 7) is 1.80. The Bertz CT molecular complexity index is 856. The summed E-state index contributed by atoms with van der Waals surface area (Å²) < 4.78 is 5.01. The van der Waals surface area contributed by atoms with Crippen LogP contribution in [0, 0.1) is 0 Å². The number of rotatable bonds is 8. The second-order valence-electron chi connectivity index (χ2n) is 5.77. The summed E-state index contributed by atoms with van der Waals surface area (Å²) in [7, 11) is 1.69. The number of carbonyl (C=O) groups is 1. The maximum absolute atomic E-state index is 11.6. The molecule has 3 aromatic rings. The fourth-order valence-electron chi connectivity index (χ4n) is 2.60. The second kappa shape index (κ2) is 8.02. The van der Waals surface area contributed by atoms with Crippen molar-refractivity contribution in [1.29, 1.82) is 0 Å². The zero-order valence-electron chi connectivity index (χ0n) is 14.1. The van der Waals surface area contributed by atoms with Gasteiger partial charge < -0.3 is 20.1 Å². The van der Waals surface area contributed by atoms with Gasteiger partial charge in [0.15, 0.2) is 5.78 Å². The maximum Gasteiger partial charge on any atom is 0.188 e. The predicted molar refractivity (Wildman–Crippen MR) is 96.5 cm³/mol. The highest BCUT2D eigenvalue weighted by Crippen LogP contribution is 2.22. The fraction of sp³-hybridized carbons (Fsp3) is 0.263. The number of hydrogen-bond acceptors (Lipinski definition) is 5. The number of aromatic nitrogens is 2. The van der Waals surface area contributed by atoms with Crippen LogP contribution in [0.2, 0.25) is 0 Å². The van der Waals surface area contributed by atoms with Crippen molar-refractivity contribution >= 4 is 16.8 Å². The standard InChI is InChI=1S/C19H21N3O3/c1-25-9-8-20-11-13-2-4-14(5-3-13)19-21-16-7-6-15(18(24)12-23)10-17(16)22-19/h2-7,10,20,23H,8-9,11-12H2,1H3,(H,21,22). The fourth-order valence-corrected chi connectivity index (χ4v) is 2.60. The van der Waals surface area contributed by atoms with Crippen LogP contribution in [-0.2, 0) is 11.3 Å². The molecule has 0 atom stereocenters. The van der Waals surface area contributed by atoms with Gasteiger partial charge >= 0.3 is 0 Å². The minimum Gasteiger partial charge on any atom is -0.388 e. The van der Waals surface area contributed by atoms with Gasteiger partial charge in [-0.15, -0.1) is 0 Å². The summed E-state index contributed by atoms with van der Waals surface area (Å²) in [4.78, 5) is 19.4. The lowest BCUT2D eigenvalue weighted by molar-refractivity contribution is 0.0904. The van der Waals surface area contributed by atoms with E-state index in [1.165, 1.54) is 5.56 Å². The quantitative estimate of drug-likeness (QED) is 0.432. The number of aliphatic hydroxyl groups excluding tert-OH is 1. The van der Waals surface area contributed by atoms with Gasteiger partial charge in [-0.2, -0.15) is 0 Å². The van der Waals surface area contributed by atoms with Crippen LogP contribution in [0.15, 0.2) is 42.5 Å². The molecule has 0 fully saturated rings. The molecule has 1 aromatic heterocycles. The molecule has 3 rings (SSSR count).